The van der Waals surface area contributed by atoms with Crippen LogP contribution >= 0.6 is 0 Å². The molecule has 2 N–H and O–H groups in total. The molecular weight excluding hydrogens is 867 g/mol. The van der Waals surface area contributed by atoms with Crippen LogP contribution in [0.4, 0.5) is 0 Å². The summed E-state index contributed by atoms with van der Waals surface area (Å²) in [4.78, 5) is 93.7. The first kappa shape index (κ1) is 51.4. The van der Waals surface area contributed by atoms with Crippen LogP contribution in [0.2, 0.25) is 0 Å². The number of benzene rings is 3. The molecule has 3 aromatic rings. The summed E-state index contributed by atoms with van der Waals surface area (Å²) in [6.07, 6.45) is 3.62. The maximum Gasteiger partial charge on any atom is 1.00 e. The molecule has 3 aromatic carbocycles. The molecule has 4 aliphatic carbocycles. The molecule has 1 saturated heterocycles. The number of hydrogen-bond acceptors (Lipinski definition) is 15. The van der Waals surface area contributed by atoms with Crippen molar-refractivity contribution < 1.29 is 101 Å². The summed E-state index contributed by atoms with van der Waals surface area (Å²) in [7, 11) is 4.18. The van der Waals surface area contributed by atoms with Gasteiger partial charge in [0.15, 0.2) is 0 Å². The number of rotatable bonds is 15. The number of carboxylic acids is 2. The molecule has 6 unspecified atom stereocenters. The van der Waals surface area contributed by atoms with Crippen molar-refractivity contribution in [1.82, 2.24) is 0 Å². The quantitative estimate of drug-likeness (QED) is 0.0713. The summed E-state index contributed by atoms with van der Waals surface area (Å²) in [6, 6.07) is 24.0. The number of aliphatic carboxylic acids is 2. The molecule has 1 heterocycles. The molecule has 1 aliphatic heterocycles. The maximum atomic E-state index is 12.8. The van der Waals surface area contributed by atoms with Crippen molar-refractivity contribution in [2.45, 2.75) is 44.3 Å². The fourth-order valence-electron chi connectivity index (χ4n) is 9.46. The third-order valence-corrected chi connectivity index (χ3v) is 12.6. The van der Waals surface area contributed by atoms with Gasteiger partial charge in [0.05, 0.1) is 57.8 Å². The Bertz CT molecular complexity index is 2360. The first-order valence-corrected chi connectivity index (χ1v) is 21.1. The predicted octanol–water partition coefficient (Wildman–Crippen LogP) is 1.14. The van der Waals surface area contributed by atoms with Crippen LogP contribution in [-0.4, -0.2) is 85.9 Å². The molecule has 18 heteroatoms. The van der Waals surface area contributed by atoms with Gasteiger partial charge in [0.1, 0.15) is 24.9 Å². The van der Waals surface area contributed by atoms with Crippen LogP contribution in [0.5, 0.6) is 5.75 Å². The summed E-state index contributed by atoms with van der Waals surface area (Å²) in [5.74, 6) is -9.00. The van der Waals surface area contributed by atoms with Gasteiger partial charge in [-0.2, -0.15) is 0 Å². The average Bonchev–Trinajstić information content (AvgIpc) is 4.16. The Morgan fingerprint density at radius 2 is 1.22 bits per heavy atom. The normalized spacial score (nSPS) is 24.2. The smallest absolute Gasteiger partial charge is 0.840 e. The first-order valence-electron chi connectivity index (χ1n) is 21.1. The zero-order chi connectivity index (χ0) is 47.7. The Morgan fingerprint density at radius 3 is 1.78 bits per heavy atom. The van der Waals surface area contributed by atoms with Gasteiger partial charge < -0.3 is 43.7 Å². The minimum Gasteiger partial charge on any atom is -0.840 e. The zero-order valence-corrected chi connectivity index (χ0v) is 37.3. The van der Waals surface area contributed by atoms with Crippen molar-refractivity contribution in [3.63, 3.8) is 0 Å². The van der Waals surface area contributed by atoms with Crippen molar-refractivity contribution in [3.05, 3.63) is 125 Å². The minimum atomic E-state index is -1.51. The van der Waals surface area contributed by atoms with Crippen LogP contribution in [0.25, 0.3) is 0 Å². The van der Waals surface area contributed by atoms with Gasteiger partial charge in [-0.05, 0) is 59.8 Å². The Labute approximate surface area is 397 Å². The molecule has 0 amide bonds. The van der Waals surface area contributed by atoms with E-state index in [0.717, 1.165) is 23.3 Å². The number of methoxy groups -OCH3 is 3. The number of hydrogen-bond donors (Lipinski definition) is 2. The van der Waals surface area contributed by atoms with Gasteiger partial charge in [0.25, 0.3) is 5.97 Å². The number of cyclic esters (lactones) is 2. The van der Waals surface area contributed by atoms with E-state index in [-0.39, 0.29) is 73.9 Å². The Morgan fingerprint density at radius 1 is 0.687 bits per heavy atom. The second-order valence-corrected chi connectivity index (χ2v) is 16.4. The molecular formula is C49H49LiO17. The van der Waals surface area contributed by atoms with Gasteiger partial charge >= 0.3 is 60.6 Å². The van der Waals surface area contributed by atoms with Crippen LogP contribution in [0.1, 0.15) is 54.4 Å². The summed E-state index contributed by atoms with van der Waals surface area (Å²) < 4.78 is 29.3. The van der Waals surface area contributed by atoms with Gasteiger partial charge in [-0.3, -0.25) is 38.4 Å². The number of esters is 6. The van der Waals surface area contributed by atoms with Crippen molar-refractivity contribution >= 4 is 47.8 Å². The second kappa shape index (κ2) is 23.3. The van der Waals surface area contributed by atoms with Crippen molar-refractivity contribution in [1.29, 1.82) is 0 Å². The molecule has 8 rings (SSSR count). The number of carboxylic acid groups (broad SMARTS) is 2. The molecule has 0 aromatic heterocycles. The van der Waals surface area contributed by atoms with Crippen LogP contribution < -0.4 is 28.7 Å². The van der Waals surface area contributed by atoms with Crippen LogP contribution in [-0.2, 0) is 68.6 Å². The summed E-state index contributed by atoms with van der Waals surface area (Å²) in [5, 5.41) is 30.9. The molecule has 0 spiro atoms. The van der Waals surface area contributed by atoms with E-state index in [1.54, 1.807) is 98.1 Å². The van der Waals surface area contributed by atoms with E-state index < -0.39 is 78.2 Å². The third kappa shape index (κ3) is 12.1. The van der Waals surface area contributed by atoms with Gasteiger partial charge in [-0.25, -0.2) is 0 Å². The molecule has 0 radical (unpaired) electrons. The van der Waals surface area contributed by atoms with Crippen LogP contribution in [0.3, 0.4) is 0 Å². The van der Waals surface area contributed by atoms with E-state index in [1.807, 2.05) is 6.08 Å². The van der Waals surface area contributed by atoms with E-state index in [4.69, 9.17) is 14.2 Å². The number of ether oxygens (including phenoxy) is 6. The molecule has 4 bridgehead atoms. The molecule has 67 heavy (non-hydrogen) atoms. The third-order valence-electron chi connectivity index (χ3n) is 12.6. The van der Waals surface area contributed by atoms with Gasteiger partial charge in [-0.1, -0.05) is 102 Å². The Kier molecular flexibility index (Phi) is 17.9. The standard InChI is InChI=1S/C21H22O8.C16H15O4.C12H12O5.Li/c1-28-16(22)9-12-7-13-8-14(12)18(17(13)20(25)26)21(27)29-10-15(19(23)24)11-5-3-2-4-6-11;1-19-14-9-7-12(8-10-14)11-20-16(18)15(17)13-5-3-2-4-6-13;1-16-8(13)4-5-2-6-3-7(5)10-9(6)11(14)17-12(10)15;/h2-7,13-15,17-18H,8-10H2,1H3,(H,23,24)(H,25,26);2-10,15H,11H2,1H3;2,6-7,9-10H,3-4H2,1H3;/q;-1;;+1/t13?,14?,15-,17+,18-;15-;;/m11../s1. The van der Waals surface area contributed by atoms with E-state index >= 15 is 0 Å². The summed E-state index contributed by atoms with van der Waals surface area (Å²) in [6.45, 7) is -0.317. The summed E-state index contributed by atoms with van der Waals surface area (Å²) >= 11 is 0. The Balaban J connectivity index is 0.000000194. The van der Waals surface area contributed by atoms with Crippen LogP contribution in [0, 0.1) is 47.3 Å². The molecule has 2 saturated carbocycles. The van der Waals surface area contributed by atoms with Crippen molar-refractivity contribution in [3.8, 4) is 5.75 Å². The number of carbonyl (C=O) groups is 8. The molecule has 3 fully saturated rings. The van der Waals surface area contributed by atoms with E-state index in [0.29, 0.717) is 23.1 Å². The number of carbonyl (C=O) groups excluding carboxylic acids is 6. The SMILES string of the molecule is COC(=O)CC1=CC2CC1C1C(=O)OC(=O)C21.COC(=O)CC1=CC2CC1[C@@H](C(=O)OC[C@@H](C(=O)O)c1ccccc1)[C@H]2C(=O)O.COc1ccc(COC(=O)[C@H]([O-])c2ccccc2)cc1.[Li+]. The minimum absolute atomic E-state index is 0. The maximum absolute atomic E-state index is 12.8. The van der Waals surface area contributed by atoms with Gasteiger partial charge in [-0.15, -0.1) is 0 Å². The van der Waals surface area contributed by atoms with Crippen LogP contribution in [0.15, 0.2) is 108 Å². The number of fused-ring (bicyclic) bond motifs is 7. The number of allylic oxidation sites excluding steroid dienone is 2. The predicted molar refractivity (Wildman–Crippen MR) is 225 cm³/mol. The van der Waals surface area contributed by atoms with Crippen molar-refractivity contribution in [2.24, 2.45) is 47.3 Å². The fourth-order valence-corrected chi connectivity index (χ4v) is 9.46. The molecule has 5 aliphatic rings. The zero-order valence-electron chi connectivity index (χ0n) is 37.3. The second-order valence-electron chi connectivity index (χ2n) is 16.4. The topological polar surface area (TPSA) is 255 Å². The molecule has 17 nitrogen and oxygen atoms in total. The van der Waals surface area contributed by atoms with Crippen molar-refractivity contribution in [2.75, 3.05) is 27.9 Å². The largest absolute Gasteiger partial charge is 1.00 e. The first-order chi connectivity index (χ1) is 31.6. The van der Waals surface area contributed by atoms with Gasteiger partial charge in [0, 0.05) is 6.10 Å². The Hall–Kier alpha value is -6.54. The van der Waals surface area contributed by atoms with E-state index in [1.165, 1.54) is 14.2 Å². The van der Waals surface area contributed by atoms with E-state index in [2.05, 4.69) is 14.2 Å². The van der Waals surface area contributed by atoms with E-state index in [9.17, 15) is 53.7 Å². The van der Waals surface area contributed by atoms with Gasteiger partial charge in [0.2, 0.25) is 0 Å². The summed E-state index contributed by atoms with van der Waals surface area (Å²) in [5.41, 5.74) is 3.31. The molecule has 348 valence electrons. The monoisotopic (exact) mass is 916 g/mol. The average molecular weight is 917 g/mol. The fraction of sp³-hybridized carbons (Fsp3) is 0.388. The molecule has 10 atom stereocenters.